The van der Waals surface area contributed by atoms with Crippen molar-refractivity contribution in [2.45, 2.75) is 19.3 Å². The number of rotatable bonds is 1. The Balaban J connectivity index is 2.40. The van der Waals surface area contributed by atoms with E-state index in [0.29, 0.717) is 0 Å². The van der Waals surface area contributed by atoms with Gasteiger partial charge in [0.1, 0.15) is 5.82 Å². The molecule has 1 saturated heterocycles. The monoisotopic (exact) mass is 286 g/mol. The van der Waals surface area contributed by atoms with Crippen molar-refractivity contribution in [2.75, 3.05) is 18.0 Å². The van der Waals surface area contributed by atoms with Gasteiger partial charge in [-0.25, -0.2) is 4.98 Å². The molecule has 2 heterocycles. The third-order valence-electron chi connectivity index (χ3n) is 3.96. The molecule has 1 N–H and O–H groups in total. The van der Waals surface area contributed by atoms with Crippen molar-refractivity contribution in [1.82, 2.24) is 9.55 Å². The van der Waals surface area contributed by atoms with Crippen LogP contribution in [0.4, 0.5) is 5.82 Å². The first-order valence-electron chi connectivity index (χ1n) is 7.15. The molecule has 0 amide bonds. The molecule has 0 bridgehead atoms. The predicted octanol–water partition coefficient (Wildman–Crippen LogP) is 1.21. The predicted molar refractivity (Wildman–Crippen MR) is 80.4 cm³/mol. The number of anilines is 1. The van der Waals surface area contributed by atoms with Gasteiger partial charge in [0.25, 0.3) is 11.0 Å². The SMILES string of the molecule is Cn1c(=O)c(=NO)nc(N2CCCCC2)c2ccccc21. The van der Waals surface area contributed by atoms with Crippen molar-refractivity contribution in [3.05, 3.63) is 40.1 Å². The summed E-state index contributed by atoms with van der Waals surface area (Å²) in [6.45, 7) is 1.81. The van der Waals surface area contributed by atoms with E-state index in [-0.39, 0.29) is 5.49 Å². The number of aryl methyl sites for hydroxylation is 1. The highest BCUT2D eigenvalue weighted by molar-refractivity contribution is 5.89. The standard InChI is InChI=1S/C15H18N4O2/c1-18-12-8-4-3-7-11(12)14(16-13(17-21)15(18)20)19-9-5-2-6-10-19/h3-4,7-8,21H,2,5-6,9-10H2,1H3. The molecular formula is C15H18N4O2. The van der Waals surface area contributed by atoms with Gasteiger partial charge in [-0.3, -0.25) is 4.79 Å². The van der Waals surface area contributed by atoms with Gasteiger partial charge < -0.3 is 14.7 Å². The highest BCUT2D eigenvalue weighted by Gasteiger charge is 2.16. The lowest BCUT2D eigenvalue weighted by atomic mass is 10.1. The van der Waals surface area contributed by atoms with Crippen LogP contribution in [0.3, 0.4) is 0 Å². The maximum absolute atomic E-state index is 12.3. The summed E-state index contributed by atoms with van der Waals surface area (Å²) in [6, 6.07) is 7.65. The number of hydrogen-bond donors (Lipinski definition) is 1. The lowest BCUT2D eigenvalue weighted by Crippen LogP contribution is -2.35. The number of piperidine rings is 1. The first-order chi connectivity index (χ1) is 10.2. The molecule has 0 saturated carbocycles. The van der Waals surface area contributed by atoms with E-state index in [0.717, 1.165) is 42.7 Å². The zero-order valence-corrected chi connectivity index (χ0v) is 12.0. The largest absolute Gasteiger partial charge is 0.409 e. The Morgan fingerprint density at radius 1 is 1.19 bits per heavy atom. The molecule has 2 aromatic rings. The summed E-state index contributed by atoms with van der Waals surface area (Å²) in [5.41, 5.74) is 0.205. The summed E-state index contributed by atoms with van der Waals surface area (Å²) >= 11 is 0. The van der Waals surface area contributed by atoms with Gasteiger partial charge in [-0.1, -0.05) is 17.3 Å². The molecule has 0 radical (unpaired) electrons. The zero-order chi connectivity index (χ0) is 14.8. The number of hydrogen-bond acceptors (Lipinski definition) is 5. The summed E-state index contributed by atoms with van der Waals surface area (Å²) in [7, 11) is 1.67. The van der Waals surface area contributed by atoms with Crippen molar-refractivity contribution in [2.24, 2.45) is 12.2 Å². The first kappa shape index (κ1) is 13.6. The van der Waals surface area contributed by atoms with E-state index in [1.165, 1.54) is 11.0 Å². The maximum atomic E-state index is 12.3. The van der Waals surface area contributed by atoms with E-state index < -0.39 is 5.56 Å². The third-order valence-corrected chi connectivity index (χ3v) is 3.96. The molecule has 0 spiro atoms. The van der Waals surface area contributed by atoms with Crippen molar-refractivity contribution < 1.29 is 5.21 Å². The molecule has 0 aliphatic carbocycles. The van der Waals surface area contributed by atoms with Crippen LogP contribution in [0.25, 0.3) is 10.9 Å². The molecule has 0 atom stereocenters. The smallest absolute Gasteiger partial charge is 0.299 e. The van der Waals surface area contributed by atoms with Crippen LogP contribution in [0.2, 0.25) is 0 Å². The summed E-state index contributed by atoms with van der Waals surface area (Å²) < 4.78 is 1.48. The van der Waals surface area contributed by atoms with Crippen molar-refractivity contribution in [3.63, 3.8) is 0 Å². The van der Waals surface area contributed by atoms with E-state index in [2.05, 4.69) is 15.0 Å². The number of para-hydroxylation sites is 1. The molecule has 6 heteroatoms. The van der Waals surface area contributed by atoms with Gasteiger partial charge in [-0.15, -0.1) is 0 Å². The van der Waals surface area contributed by atoms with Crippen LogP contribution < -0.4 is 15.9 Å². The number of aromatic nitrogens is 2. The van der Waals surface area contributed by atoms with Crippen molar-refractivity contribution in [1.29, 1.82) is 0 Å². The molecule has 110 valence electrons. The minimum atomic E-state index is -0.406. The molecule has 6 nitrogen and oxygen atoms in total. The molecular weight excluding hydrogens is 268 g/mol. The molecule has 1 fully saturated rings. The second kappa shape index (κ2) is 5.55. The topological polar surface area (TPSA) is 70.7 Å². The third kappa shape index (κ3) is 2.37. The van der Waals surface area contributed by atoms with Crippen LogP contribution in [-0.4, -0.2) is 27.8 Å². The van der Waals surface area contributed by atoms with Crippen LogP contribution in [0, 0.1) is 0 Å². The van der Waals surface area contributed by atoms with Gasteiger partial charge in [-0.2, -0.15) is 0 Å². The van der Waals surface area contributed by atoms with Crippen LogP contribution in [0.15, 0.2) is 34.2 Å². The Hall–Kier alpha value is -2.37. The first-order valence-corrected chi connectivity index (χ1v) is 7.15. The Kier molecular flexibility index (Phi) is 3.60. The van der Waals surface area contributed by atoms with E-state index >= 15 is 0 Å². The van der Waals surface area contributed by atoms with E-state index in [1.54, 1.807) is 7.05 Å². The lowest BCUT2D eigenvalue weighted by Gasteiger charge is -2.27. The minimum absolute atomic E-state index is 0.172. The van der Waals surface area contributed by atoms with Crippen LogP contribution in [0.1, 0.15) is 19.3 Å². The fourth-order valence-electron chi connectivity index (χ4n) is 2.83. The summed E-state index contributed by atoms with van der Waals surface area (Å²) in [5, 5.41) is 13.1. The van der Waals surface area contributed by atoms with Crippen molar-refractivity contribution >= 4 is 16.7 Å². The Morgan fingerprint density at radius 2 is 1.90 bits per heavy atom. The van der Waals surface area contributed by atoms with E-state index in [9.17, 15) is 4.79 Å². The average Bonchev–Trinajstić information content (AvgIpc) is 2.65. The molecule has 1 aromatic heterocycles. The quantitative estimate of drug-likeness (QED) is 0.632. The van der Waals surface area contributed by atoms with Gasteiger partial charge in [0.15, 0.2) is 0 Å². The van der Waals surface area contributed by atoms with Gasteiger partial charge in [0, 0.05) is 25.5 Å². The zero-order valence-electron chi connectivity index (χ0n) is 12.0. The maximum Gasteiger partial charge on any atom is 0.299 e. The summed E-state index contributed by atoms with van der Waals surface area (Å²) in [5.74, 6) is 0.718. The number of fused-ring (bicyclic) bond motifs is 1. The van der Waals surface area contributed by atoms with Crippen LogP contribution >= 0.6 is 0 Å². The highest BCUT2D eigenvalue weighted by atomic mass is 16.4. The normalized spacial score (nSPS) is 16.4. The molecule has 1 aliphatic rings. The molecule has 0 unspecified atom stereocenters. The van der Waals surface area contributed by atoms with Gasteiger partial charge in [0.2, 0.25) is 0 Å². The number of benzene rings is 1. The molecule has 1 aliphatic heterocycles. The molecule has 3 rings (SSSR count). The lowest BCUT2D eigenvalue weighted by molar-refractivity contribution is 0.297. The van der Waals surface area contributed by atoms with Crippen LogP contribution in [-0.2, 0) is 7.05 Å². The molecule has 1 aromatic carbocycles. The summed E-state index contributed by atoms with van der Waals surface area (Å²) in [4.78, 5) is 18.8. The van der Waals surface area contributed by atoms with Gasteiger partial charge >= 0.3 is 0 Å². The molecule has 21 heavy (non-hydrogen) atoms. The Bertz CT molecular complexity index is 792. The van der Waals surface area contributed by atoms with Gasteiger partial charge in [0.05, 0.1) is 5.52 Å². The van der Waals surface area contributed by atoms with Gasteiger partial charge in [-0.05, 0) is 31.4 Å². The fourth-order valence-corrected chi connectivity index (χ4v) is 2.83. The number of nitrogens with zero attached hydrogens (tertiary/aromatic N) is 4. The Labute approximate surface area is 122 Å². The van der Waals surface area contributed by atoms with E-state index in [4.69, 9.17) is 5.21 Å². The van der Waals surface area contributed by atoms with Crippen LogP contribution in [0.5, 0.6) is 0 Å². The van der Waals surface area contributed by atoms with E-state index in [1.807, 2.05) is 24.3 Å². The fraction of sp³-hybridized carbons (Fsp3) is 0.400. The summed E-state index contributed by atoms with van der Waals surface area (Å²) in [6.07, 6.45) is 3.43. The highest BCUT2D eigenvalue weighted by Crippen LogP contribution is 2.24. The second-order valence-electron chi connectivity index (χ2n) is 5.29. The second-order valence-corrected chi connectivity index (χ2v) is 5.29. The minimum Gasteiger partial charge on any atom is -0.409 e. The Morgan fingerprint density at radius 3 is 2.62 bits per heavy atom. The average molecular weight is 286 g/mol. The van der Waals surface area contributed by atoms with Crippen molar-refractivity contribution in [3.8, 4) is 0 Å².